The van der Waals surface area contributed by atoms with E-state index in [1.54, 1.807) is 0 Å². The Morgan fingerprint density at radius 1 is 0.857 bits per heavy atom. The van der Waals surface area contributed by atoms with Crippen LogP contribution in [0.2, 0.25) is 0 Å². The predicted octanol–water partition coefficient (Wildman–Crippen LogP) is 6.37. The number of ether oxygens (including phenoxy) is 1. The number of hydrogen-bond donors (Lipinski definition) is 0. The Balaban J connectivity index is 1.51. The monoisotopic (exact) mass is 491 g/mol. The molecular weight excluding hydrogens is 453 g/mol. The maximum atomic E-state index is 6.25. The fourth-order valence-electron chi connectivity index (χ4n) is 6.52. The van der Waals surface area contributed by atoms with Crippen LogP contribution in [0, 0.1) is 0 Å². The second-order valence-corrected chi connectivity index (χ2v) is 12.4. The number of hydrogen-bond acceptors (Lipinski definition) is 4. The summed E-state index contributed by atoms with van der Waals surface area (Å²) in [6.45, 7) is 10.1. The van der Waals surface area contributed by atoms with Gasteiger partial charge >= 0.3 is 0 Å². The van der Waals surface area contributed by atoms with Gasteiger partial charge in [0.1, 0.15) is 0 Å². The molecule has 186 valence electrons. The largest absolute Gasteiger partial charge is 0.356 e. The second-order valence-electron chi connectivity index (χ2n) is 11.9. The molecule has 0 aromatic carbocycles. The van der Waals surface area contributed by atoms with Crippen LogP contribution in [0.3, 0.4) is 0 Å². The minimum atomic E-state index is -0.00794. The molecule has 6 rings (SSSR count). The maximum Gasteiger partial charge on any atom is 0.150 e. The van der Waals surface area contributed by atoms with Gasteiger partial charge < -0.3 is 4.74 Å². The van der Waals surface area contributed by atoms with Gasteiger partial charge in [-0.05, 0) is 79.3 Å². The van der Waals surface area contributed by atoms with Crippen molar-refractivity contribution >= 4 is 9.39 Å². The highest BCUT2D eigenvalue weighted by atomic mass is 31.0. The van der Waals surface area contributed by atoms with Crippen LogP contribution in [-0.2, 0) is 28.4 Å². The van der Waals surface area contributed by atoms with Crippen LogP contribution >= 0.6 is 9.39 Å². The van der Waals surface area contributed by atoms with Gasteiger partial charge in [0.05, 0.1) is 34.2 Å². The molecule has 6 nitrogen and oxygen atoms in total. The zero-order valence-electron chi connectivity index (χ0n) is 21.6. The summed E-state index contributed by atoms with van der Waals surface area (Å²) < 4.78 is 10.4. The van der Waals surface area contributed by atoms with E-state index in [9.17, 15) is 0 Å². The van der Waals surface area contributed by atoms with Gasteiger partial charge in [0.15, 0.2) is 6.23 Å². The molecule has 35 heavy (non-hydrogen) atoms. The molecule has 1 saturated heterocycles. The summed E-state index contributed by atoms with van der Waals surface area (Å²) in [5, 5.41) is 10.2. The van der Waals surface area contributed by atoms with Crippen LogP contribution in [0.25, 0.3) is 22.8 Å². The van der Waals surface area contributed by atoms with Gasteiger partial charge in [0.2, 0.25) is 0 Å². The van der Waals surface area contributed by atoms with Crippen LogP contribution in [0.15, 0.2) is 18.2 Å². The second kappa shape index (κ2) is 8.52. The van der Waals surface area contributed by atoms with Gasteiger partial charge in [0.25, 0.3) is 0 Å². The third-order valence-electron chi connectivity index (χ3n) is 8.42. The van der Waals surface area contributed by atoms with Crippen molar-refractivity contribution in [3.05, 3.63) is 40.7 Å². The standard InChI is InChI=1S/C28H38N5OP/c1-27(2)15-8-10-18-23(32(30-25(18)27)22-14-5-6-17-34-22)20-12-7-13-21(29-20)24-19-11-9-16-28(3,4)26(19)31-33(24)35/h7,12-13,22H,5-6,8-11,14-17,35H2,1-4H3. The summed E-state index contributed by atoms with van der Waals surface area (Å²) in [6.07, 6.45) is 10.2. The summed E-state index contributed by atoms with van der Waals surface area (Å²) in [5.74, 6) is 0. The summed E-state index contributed by atoms with van der Waals surface area (Å²) in [6, 6.07) is 6.44. The Hall–Kier alpha value is -2.04. The van der Waals surface area contributed by atoms with Crippen molar-refractivity contribution in [2.75, 3.05) is 6.61 Å². The molecule has 2 atom stereocenters. The predicted molar refractivity (Wildman–Crippen MR) is 143 cm³/mol. The van der Waals surface area contributed by atoms with Crippen molar-refractivity contribution < 1.29 is 4.74 Å². The number of rotatable bonds is 3. The molecule has 3 aromatic rings. The van der Waals surface area contributed by atoms with E-state index in [0.717, 1.165) is 55.1 Å². The van der Waals surface area contributed by atoms with Crippen LogP contribution in [-0.4, -0.2) is 30.9 Å². The van der Waals surface area contributed by atoms with E-state index in [4.69, 9.17) is 19.9 Å². The zero-order valence-corrected chi connectivity index (χ0v) is 22.8. The van der Waals surface area contributed by atoms with Crippen molar-refractivity contribution in [1.82, 2.24) is 24.3 Å². The highest BCUT2D eigenvalue weighted by Gasteiger charge is 2.37. The number of fused-ring (bicyclic) bond motifs is 2. The quantitative estimate of drug-likeness (QED) is 0.399. The lowest BCUT2D eigenvalue weighted by molar-refractivity contribution is -0.0387. The molecule has 1 aliphatic heterocycles. The normalized spacial score (nSPS) is 23.1. The van der Waals surface area contributed by atoms with E-state index in [1.165, 1.54) is 54.6 Å². The minimum Gasteiger partial charge on any atom is -0.356 e. The van der Waals surface area contributed by atoms with E-state index in [1.807, 2.05) is 4.45 Å². The molecule has 7 heteroatoms. The fourth-order valence-corrected chi connectivity index (χ4v) is 6.92. The average molecular weight is 492 g/mol. The summed E-state index contributed by atoms with van der Waals surface area (Å²) in [7, 11) is 2.80. The number of pyridine rings is 1. The molecular formula is C28H38N5OP. The topological polar surface area (TPSA) is 57.8 Å². The van der Waals surface area contributed by atoms with Crippen LogP contribution < -0.4 is 0 Å². The Morgan fingerprint density at radius 2 is 1.49 bits per heavy atom. The molecule has 2 unspecified atom stereocenters. The Kier molecular flexibility index (Phi) is 5.69. The van der Waals surface area contributed by atoms with E-state index >= 15 is 0 Å². The Morgan fingerprint density at radius 3 is 2.14 bits per heavy atom. The van der Waals surface area contributed by atoms with Crippen molar-refractivity contribution in [3.8, 4) is 22.8 Å². The maximum absolute atomic E-state index is 6.25. The first-order valence-electron chi connectivity index (χ1n) is 13.3. The third kappa shape index (κ3) is 3.88. The fraction of sp³-hybridized carbons (Fsp3) is 0.607. The lowest BCUT2D eigenvalue weighted by Gasteiger charge is -2.28. The van der Waals surface area contributed by atoms with E-state index in [-0.39, 0.29) is 17.1 Å². The first-order valence-corrected chi connectivity index (χ1v) is 13.9. The molecule has 0 radical (unpaired) electrons. The third-order valence-corrected chi connectivity index (χ3v) is 8.79. The van der Waals surface area contributed by atoms with Gasteiger partial charge in [-0.2, -0.15) is 10.2 Å². The molecule has 3 aliphatic rings. The highest BCUT2D eigenvalue weighted by Crippen LogP contribution is 2.44. The molecule has 3 aromatic heterocycles. The van der Waals surface area contributed by atoms with Crippen molar-refractivity contribution in [2.45, 2.75) is 103 Å². The minimum absolute atomic E-state index is 0.00794. The van der Waals surface area contributed by atoms with Crippen LogP contribution in [0.5, 0.6) is 0 Å². The summed E-state index contributed by atoms with van der Waals surface area (Å²) in [4.78, 5) is 5.30. The molecule has 4 heterocycles. The average Bonchev–Trinajstić information content (AvgIpc) is 3.39. The van der Waals surface area contributed by atoms with Crippen LogP contribution in [0.4, 0.5) is 0 Å². The van der Waals surface area contributed by atoms with Gasteiger partial charge in [-0.1, -0.05) is 33.8 Å². The van der Waals surface area contributed by atoms with E-state index < -0.39 is 0 Å². The van der Waals surface area contributed by atoms with Gasteiger partial charge in [0, 0.05) is 28.6 Å². The molecule has 0 spiro atoms. The molecule has 0 amide bonds. The van der Waals surface area contributed by atoms with Gasteiger partial charge in [-0.15, -0.1) is 0 Å². The molecule has 0 bridgehead atoms. The van der Waals surface area contributed by atoms with Crippen molar-refractivity contribution in [2.24, 2.45) is 0 Å². The summed E-state index contributed by atoms with van der Waals surface area (Å²) >= 11 is 0. The molecule has 0 saturated carbocycles. The lowest BCUT2D eigenvalue weighted by Crippen LogP contribution is -2.24. The Bertz CT molecular complexity index is 1260. The van der Waals surface area contributed by atoms with Gasteiger partial charge in [-0.25, -0.2) is 14.1 Å². The number of aromatic nitrogens is 5. The smallest absolute Gasteiger partial charge is 0.150 e. The first kappa shape index (κ1) is 23.4. The van der Waals surface area contributed by atoms with Crippen molar-refractivity contribution in [1.29, 1.82) is 0 Å². The SMILES string of the molecule is CC1(C)CCCc2c1nn(P)c2-c1cccc(-c2c3c(nn2C2CCCCO2)C(C)(C)CCC3)n1. The summed E-state index contributed by atoms with van der Waals surface area (Å²) in [5.41, 5.74) is 9.63. The van der Waals surface area contributed by atoms with E-state index in [2.05, 4.69) is 60.0 Å². The van der Waals surface area contributed by atoms with Crippen LogP contribution in [0.1, 0.15) is 101 Å². The molecule has 0 N–H and O–H groups in total. The van der Waals surface area contributed by atoms with Gasteiger partial charge in [-0.3, -0.25) is 0 Å². The molecule has 2 aliphatic carbocycles. The highest BCUT2D eigenvalue weighted by molar-refractivity contribution is 7.14. The lowest BCUT2D eigenvalue weighted by atomic mass is 9.76. The Labute approximate surface area is 211 Å². The van der Waals surface area contributed by atoms with E-state index in [0.29, 0.717) is 0 Å². The zero-order chi connectivity index (χ0) is 24.4. The number of nitrogens with zero attached hydrogens (tertiary/aromatic N) is 5. The van der Waals surface area contributed by atoms with Crippen molar-refractivity contribution in [3.63, 3.8) is 0 Å². The first-order chi connectivity index (χ1) is 16.8. The molecule has 1 fully saturated rings.